The van der Waals surface area contributed by atoms with Crippen LogP contribution in [-0.2, 0) is 17.9 Å². The molecule has 3 aromatic rings. The van der Waals surface area contributed by atoms with Gasteiger partial charge in [-0.25, -0.2) is 9.07 Å². The van der Waals surface area contributed by atoms with Crippen LogP contribution in [0.15, 0.2) is 46.9 Å². The molecule has 9 heteroatoms. The molecule has 1 unspecified atom stereocenters. The fourth-order valence-corrected chi connectivity index (χ4v) is 3.58. The minimum absolute atomic E-state index is 0.125. The average molecular weight is 377 g/mol. The maximum atomic E-state index is 12.9. The standard InChI is InChI=1S/C16H16FN5OS2/c1-11(15(23)18-9-12-4-6-13(17)7-5-12)25-16-19-20-21-22(16)10-14-3-2-8-24-14/h2-8,11H,9-10H2,1H3,(H,18,23). The highest BCUT2D eigenvalue weighted by Crippen LogP contribution is 2.22. The molecule has 2 aromatic heterocycles. The van der Waals surface area contributed by atoms with Gasteiger partial charge in [0.25, 0.3) is 0 Å². The van der Waals surface area contributed by atoms with Gasteiger partial charge in [0, 0.05) is 11.4 Å². The van der Waals surface area contributed by atoms with Crippen LogP contribution in [0, 0.1) is 5.82 Å². The Kier molecular flexibility index (Phi) is 5.77. The molecule has 6 nitrogen and oxygen atoms in total. The van der Waals surface area contributed by atoms with E-state index in [-0.39, 0.29) is 17.0 Å². The summed E-state index contributed by atoms with van der Waals surface area (Å²) in [6, 6.07) is 10.0. The molecule has 0 radical (unpaired) electrons. The van der Waals surface area contributed by atoms with Crippen LogP contribution in [0.1, 0.15) is 17.4 Å². The predicted molar refractivity (Wildman–Crippen MR) is 94.8 cm³/mol. The highest BCUT2D eigenvalue weighted by molar-refractivity contribution is 8.00. The number of tetrazole rings is 1. The molecule has 25 heavy (non-hydrogen) atoms. The molecule has 0 saturated carbocycles. The van der Waals surface area contributed by atoms with E-state index >= 15 is 0 Å². The number of carbonyl (C=O) groups is 1. The van der Waals surface area contributed by atoms with E-state index in [4.69, 9.17) is 0 Å². The third-order valence-electron chi connectivity index (χ3n) is 3.42. The summed E-state index contributed by atoms with van der Waals surface area (Å²) < 4.78 is 14.6. The first-order valence-corrected chi connectivity index (χ1v) is 9.35. The molecule has 0 aliphatic rings. The number of thiophene rings is 1. The van der Waals surface area contributed by atoms with Crippen molar-refractivity contribution in [3.8, 4) is 0 Å². The van der Waals surface area contributed by atoms with Gasteiger partial charge >= 0.3 is 0 Å². The number of rotatable bonds is 7. The molecule has 0 bridgehead atoms. The molecule has 0 spiro atoms. The largest absolute Gasteiger partial charge is 0.351 e. The first-order chi connectivity index (χ1) is 12.1. The second kappa shape index (κ2) is 8.21. The Morgan fingerprint density at radius 1 is 1.36 bits per heavy atom. The van der Waals surface area contributed by atoms with Gasteiger partial charge in [-0.3, -0.25) is 4.79 Å². The fraction of sp³-hybridized carbons (Fsp3) is 0.250. The van der Waals surface area contributed by atoms with E-state index in [0.717, 1.165) is 10.4 Å². The molecule has 3 rings (SSSR count). The SMILES string of the molecule is CC(Sc1nnnn1Cc1cccs1)C(=O)NCc1ccc(F)cc1. The maximum Gasteiger partial charge on any atom is 0.233 e. The Bertz CT molecular complexity index is 819. The number of halogens is 1. The Morgan fingerprint density at radius 3 is 2.88 bits per heavy atom. The number of carbonyl (C=O) groups excluding carboxylic acids is 1. The first-order valence-electron chi connectivity index (χ1n) is 7.59. The molecule has 0 aliphatic heterocycles. The molecule has 130 valence electrons. The first kappa shape index (κ1) is 17.6. The lowest BCUT2D eigenvalue weighted by Gasteiger charge is -2.11. The molecule has 0 aliphatic carbocycles. The van der Waals surface area contributed by atoms with Crippen LogP contribution in [0.25, 0.3) is 0 Å². The van der Waals surface area contributed by atoms with Crippen molar-refractivity contribution < 1.29 is 9.18 Å². The van der Waals surface area contributed by atoms with E-state index < -0.39 is 0 Å². The van der Waals surface area contributed by atoms with Crippen LogP contribution in [-0.4, -0.2) is 31.4 Å². The van der Waals surface area contributed by atoms with Crippen molar-refractivity contribution in [3.63, 3.8) is 0 Å². The molecule has 1 aromatic carbocycles. The summed E-state index contributed by atoms with van der Waals surface area (Å²) in [5, 5.41) is 16.7. The minimum atomic E-state index is -0.353. The predicted octanol–water partition coefficient (Wildman–Crippen LogP) is 2.72. The molecule has 0 fully saturated rings. The Hall–Kier alpha value is -2.26. The van der Waals surface area contributed by atoms with Gasteiger partial charge in [0.2, 0.25) is 11.1 Å². The van der Waals surface area contributed by atoms with Gasteiger partial charge in [-0.15, -0.1) is 16.4 Å². The second-order valence-electron chi connectivity index (χ2n) is 5.30. The van der Waals surface area contributed by atoms with Gasteiger partial charge < -0.3 is 5.32 Å². The number of nitrogens with zero attached hydrogens (tertiary/aromatic N) is 4. The number of nitrogens with one attached hydrogen (secondary N) is 1. The van der Waals surface area contributed by atoms with E-state index in [1.807, 2.05) is 17.5 Å². The molecular formula is C16H16FN5OS2. The summed E-state index contributed by atoms with van der Waals surface area (Å²) >= 11 is 2.93. The van der Waals surface area contributed by atoms with E-state index in [1.54, 1.807) is 35.1 Å². The van der Waals surface area contributed by atoms with Gasteiger partial charge in [0.1, 0.15) is 5.82 Å². The molecule has 1 amide bonds. The Labute approximate surface area is 152 Å². The van der Waals surface area contributed by atoms with E-state index in [0.29, 0.717) is 18.2 Å². The summed E-state index contributed by atoms with van der Waals surface area (Å²) in [7, 11) is 0. The number of thioether (sulfide) groups is 1. The van der Waals surface area contributed by atoms with Crippen LogP contribution < -0.4 is 5.32 Å². The van der Waals surface area contributed by atoms with Gasteiger partial charge in [-0.1, -0.05) is 30.0 Å². The van der Waals surface area contributed by atoms with Gasteiger partial charge in [-0.2, -0.15) is 0 Å². The molecular weight excluding hydrogens is 361 g/mol. The monoisotopic (exact) mass is 377 g/mol. The molecule has 0 saturated heterocycles. The quantitative estimate of drug-likeness (QED) is 0.641. The third kappa shape index (κ3) is 4.86. The topological polar surface area (TPSA) is 72.7 Å². The van der Waals surface area contributed by atoms with Crippen molar-refractivity contribution >= 4 is 29.0 Å². The lowest BCUT2D eigenvalue weighted by Crippen LogP contribution is -2.30. The number of hydrogen-bond acceptors (Lipinski definition) is 6. The van der Waals surface area contributed by atoms with E-state index in [1.165, 1.54) is 23.9 Å². The van der Waals surface area contributed by atoms with Crippen LogP contribution in [0.2, 0.25) is 0 Å². The zero-order valence-electron chi connectivity index (χ0n) is 13.4. The lowest BCUT2D eigenvalue weighted by molar-refractivity contribution is -0.120. The average Bonchev–Trinajstić information content (AvgIpc) is 3.27. The zero-order chi connectivity index (χ0) is 17.6. The molecule has 2 heterocycles. The number of hydrogen-bond donors (Lipinski definition) is 1. The normalized spacial score (nSPS) is 12.1. The van der Waals surface area contributed by atoms with Gasteiger partial charge in [0.05, 0.1) is 11.8 Å². The van der Waals surface area contributed by atoms with Crippen LogP contribution in [0.4, 0.5) is 4.39 Å². The molecule has 1 N–H and O–H groups in total. The van der Waals surface area contributed by atoms with Crippen molar-refractivity contribution in [2.45, 2.75) is 30.4 Å². The lowest BCUT2D eigenvalue weighted by atomic mass is 10.2. The summed E-state index contributed by atoms with van der Waals surface area (Å²) in [6.07, 6.45) is 0. The summed E-state index contributed by atoms with van der Waals surface area (Å²) in [6.45, 7) is 2.73. The second-order valence-corrected chi connectivity index (χ2v) is 7.64. The van der Waals surface area contributed by atoms with Crippen molar-refractivity contribution in [2.24, 2.45) is 0 Å². The summed E-state index contributed by atoms with van der Waals surface area (Å²) in [4.78, 5) is 13.4. The van der Waals surface area contributed by atoms with Crippen LogP contribution in [0.5, 0.6) is 0 Å². The zero-order valence-corrected chi connectivity index (χ0v) is 15.1. The summed E-state index contributed by atoms with van der Waals surface area (Å²) in [5.41, 5.74) is 0.842. The highest BCUT2D eigenvalue weighted by atomic mass is 32.2. The Balaban J connectivity index is 1.54. The number of amides is 1. The van der Waals surface area contributed by atoms with Crippen molar-refractivity contribution in [3.05, 3.63) is 58.0 Å². The summed E-state index contributed by atoms with van der Waals surface area (Å²) in [5.74, 6) is -0.420. The van der Waals surface area contributed by atoms with Crippen molar-refractivity contribution in [1.82, 2.24) is 25.5 Å². The minimum Gasteiger partial charge on any atom is -0.351 e. The highest BCUT2D eigenvalue weighted by Gasteiger charge is 2.18. The van der Waals surface area contributed by atoms with Gasteiger partial charge in [0.15, 0.2) is 0 Å². The smallest absolute Gasteiger partial charge is 0.233 e. The van der Waals surface area contributed by atoms with Crippen molar-refractivity contribution in [1.29, 1.82) is 0 Å². The van der Waals surface area contributed by atoms with E-state index in [9.17, 15) is 9.18 Å². The number of aromatic nitrogens is 4. The van der Waals surface area contributed by atoms with Crippen LogP contribution >= 0.6 is 23.1 Å². The van der Waals surface area contributed by atoms with Crippen molar-refractivity contribution in [2.75, 3.05) is 0 Å². The fourth-order valence-electron chi connectivity index (χ4n) is 2.08. The van der Waals surface area contributed by atoms with Crippen LogP contribution in [0.3, 0.4) is 0 Å². The maximum absolute atomic E-state index is 12.9. The van der Waals surface area contributed by atoms with E-state index in [2.05, 4.69) is 20.8 Å². The molecule has 1 atom stereocenters. The Morgan fingerprint density at radius 2 is 2.16 bits per heavy atom. The van der Waals surface area contributed by atoms with Gasteiger partial charge in [-0.05, 0) is 46.5 Å². The third-order valence-corrected chi connectivity index (χ3v) is 5.35. The number of benzene rings is 1.